The first kappa shape index (κ1) is 17.3. The van der Waals surface area contributed by atoms with Crippen LogP contribution in [0.15, 0.2) is 23.4 Å². The Kier molecular flexibility index (Phi) is 7.02. The van der Waals surface area contributed by atoms with E-state index in [1.165, 1.54) is 0 Å². The normalized spacial score (nSPS) is 13.5. The molecule has 0 saturated carbocycles. The Balaban J connectivity index is 2.85. The first-order valence-electron chi connectivity index (χ1n) is 7.45. The van der Waals surface area contributed by atoms with E-state index in [1.807, 2.05) is 12.1 Å². The topological polar surface area (TPSA) is 79.9 Å². The second kappa shape index (κ2) is 8.52. The predicted molar refractivity (Wildman–Crippen MR) is 85.9 cm³/mol. The molecule has 4 N–H and O–H groups in total. The third-order valence-electron chi connectivity index (χ3n) is 4.05. The number of benzene rings is 1. The maximum atomic E-state index is 8.78. The van der Waals surface area contributed by atoms with Gasteiger partial charge in [0.1, 0.15) is 5.75 Å². The molecule has 0 heterocycles. The summed E-state index contributed by atoms with van der Waals surface area (Å²) in [5.41, 5.74) is 7.33. The monoisotopic (exact) mass is 293 g/mol. The van der Waals surface area contributed by atoms with Gasteiger partial charge < -0.3 is 21.0 Å². The molecule has 5 heteroatoms. The van der Waals surface area contributed by atoms with Gasteiger partial charge in [0.05, 0.1) is 7.11 Å². The Bertz CT molecular complexity index is 471. The van der Waals surface area contributed by atoms with Gasteiger partial charge in [-0.2, -0.15) is 0 Å². The van der Waals surface area contributed by atoms with Gasteiger partial charge in [0.15, 0.2) is 5.84 Å². The number of amidine groups is 1. The van der Waals surface area contributed by atoms with Crippen molar-refractivity contribution in [3.05, 3.63) is 29.3 Å². The van der Waals surface area contributed by atoms with Crippen LogP contribution in [0.25, 0.3) is 0 Å². The van der Waals surface area contributed by atoms with Crippen molar-refractivity contribution in [3.63, 3.8) is 0 Å². The molecular weight excluding hydrogens is 266 g/mol. The summed E-state index contributed by atoms with van der Waals surface area (Å²) in [5.74, 6) is 1.56. The fourth-order valence-electron chi connectivity index (χ4n) is 2.57. The lowest BCUT2D eigenvalue weighted by Gasteiger charge is -2.23. The Morgan fingerprint density at radius 1 is 1.38 bits per heavy atom. The largest absolute Gasteiger partial charge is 0.496 e. The van der Waals surface area contributed by atoms with E-state index in [0.717, 1.165) is 24.2 Å². The van der Waals surface area contributed by atoms with Gasteiger partial charge in [-0.25, -0.2) is 0 Å². The van der Waals surface area contributed by atoms with Crippen molar-refractivity contribution >= 4 is 5.84 Å². The zero-order valence-electron chi connectivity index (χ0n) is 13.4. The summed E-state index contributed by atoms with van der Waals surface area (Å²) >= 11 is 0. The summed E-state index contributed by atoms with van der Waals surface area (Å²) in [6.45, 7) is 7.32. The zero-order valence-corrected chi connectivity index (χ0v) is 13.4. The van der Waals surface area contributed by atoms with Crippen LogP contribution in [-0.4, -0.2) is 24.2 Å². The van der Waals surface area contributed by atoms with Crippen molar-refractivity contribution in [3.8, 4) is 5.75 Å². The molecule has 0 spiro atoms. The van der Waals surface area contributed by atoms with Crippen LogP contribution in [0.2, 0.25) is 0 Å². The van der Waals surface area contributed by atoms with Crippen LogP contribution < -0.4 is 15.8 Å². The molecule has 1 rings (SSSR count). The quantitative estimate of drug-likeness (QED) is 0.298. The van der Waals surface area contributed by atoms with E-state index in [0.29, 0.717) is 24.1 Å². The molecule has 0 radical (unpaired) electrons. The lowest BCUT2D eigenvalue weighted by atomic mass is 9.95. The maximum Gasteiger partial charge on any atom is 0.170 e. The van der Waals surface area contributed by atoms with Gasteiger partial charge in [0, 0.05) is 23.7 Å². The number of nitrogens with zero attached hydrogens (tertiary/aromatic N) is 1. The van der Waals surface area contributed by atoms with Crippen molar-refractivity contribution in [2.75, 3.05) is 7.11 Å². The number of methoxy groups -OCH3 is 1. The molecule has 1 aromatic rings. The van der Waals surface area contributed by atoms with Crippen LogP contribution >= 0.6 is 0 Å². The highest BCUT2D eigenvalue weighted by Gasteiger charge is 2.14. The van der Waals surface area contributed by atoms with E-state index in [4.69, 9.17) is 15.7 Å². The molecule has 0 aliphatic carbocycles. The first-order valence-corrected chi connectivity index (χ1v) is 7.45. The molecule has 1 unspecified atom stereocenters. The molecule has 118 valence electrons. The van der Waals surface area contributed by atoms with E-state index in [9.17, 15) is 0 Å². The van der Waals surface area contributed by atoms with Gasteiger partial charge >= 0.3 is 0 Å². The molecule has 0 fully saturated rings. The average Bonchev–Trinajstić information content (AvgIpc) is 2.52. The average molecular weight is 293 g/mol. The second-order valence-corrected chi connectivity index (χ2v) is 5.26. The lowest BCUT2D eigenvalue weighted by molar-refractivity contribution is 0.318. The van der Waals surface area contributed by atoms with E-state index in [2.05, 4.69) is 31.2 Å². The van der Waals surface area contributed by atoms with Gasteiger partial charge in [-0.15, -0.1) is 0 Å². The number of hydrogen-bond acceptors (Lipinski definition) is 4. The molecule has 5 nitrogen and oxygen atoms in total. The summed E-state index contributed by atoms with van der Waals surface area (Å²) in [4.78, 5) is 0. The smallest absolute Gasteiger partial charge is 0.170 e. The molecule has 0 amide bonds. The number of oxime groups is 1. The van der Waals surface area contributed by atoms with Crippen molar-refractivity contribution in [1.82, 2.24) is 5.32 Å². The Hall–Kier alpha value is -1.75. The Labute approximate surface area is 127 Å². The number of rotatable bonds is 8. The van der Waals surface area contributed by atoms with Crippen LogP contribution in [0.5, 0.6) is 5.75 Å². The molecule has 0 bridgehead atoms. The fourth-order valence-corrected chi connectivity index (χ4v) is 2.57. The zero-order chi connectivity index (χ0) is 15.8. The number of nitrogens with one attached hydrogen (secondary N) is 1. The van der Waals surface area contributed by atoms with Crippen molar-refractivity contribution in [2.24, 2.45) is 16.8 Å². The summed E-state index contributed by atoms with van der Waals surface area (Å²) in [6.07, 6.45) is 2.32. The summed E-state index contributed by atoms with van der Waals surface area (Å²) in [5, 5.41) is 15.4. The van der Waals surface area contributed by atoms with Gasteiger partial charge in [-0.05, 0) is 31.0 Å². The second-order valence-electron chi connectivity index (χ2n) is 5.26. The molecule has 0 aliphatic heterocycles. The molecule has 1 aromatic carbocycles. The van der Waals surface area contributed by atoms with Gasteiger partial charge in [-0.1, -0.05) is 31.8 Å². The molecule has 1 atom stereocenters. The van der Waals surface area contributed by atoms with Crippen molar-refractivity contribution in [2.45, 2.75) is 46.2 Å². The third kappa shape index (κ3) is 4.63. The first-order chi connectivity index (χ1) is 10.1. The van der Waals surface area contributed by atoms with E-state index < -0.39 is 0 Å². The van der Waals surface area contributed by atoms with E-state index in [1.54, 1.807) is 13.2 Å². The standard InChI is InChI=1S/C16H27N3O2/c1-5-12(6-2)11(3)18-10-14-9-13(16(17)19-20)7-8-15(14)21-4/h7-9,11-12,18,20H,5-6,10H2,1-4H3,(H2,17,19). The van der Waals surface area contributed by atoms with Crippen LogP contribution in [0.1, 0.15) is 44.7 Å². The van der Waals surface area contributed by atoms with Crippen molar-refractivity contribution in [1.29, 1.82) is 0 Å². The highest BCUT2D eigenvalue weighted by molar-refractivity contribution is 5.97. The van der Waals surface area contributed by atoms with Gasteiger partial charge in [0.2, 0.25) is 0 Å². The van der Waals surface area contributed by atoms with Crippen LogP contribution in [0.4, 0.5) is 0 Å². The number of ether oxygens (including phenoxy) is 1. The Morgan fingerprint density at radius 3 is 2.57 bits per heavy atom. The van der Waals surface area contributed by atoms with Crippen molar-refractivity contribution < 1.29 is 9.94 Å². The maximum absolute atomic E-state index is 8.78. The Morgan fingerprint density at radius 2 is 2.05 bits per heavy atom. The third-order valence-corrected chi connectivity index (χ3v) is 4.05. The van der Waals surface area contributed by atoms with Gasteiger partial charge in [0.25, 0.3) is 0 Å². The highest BCUT2D eigenvalue weighted by Crippen LogP contribution is 2.21. The minimum Gasteiger partial charge on any atom is -0.496 e. The van der Waals surface area contributed by atoms with E-state index >= 15 is 0 Å². The van der Waals surface area contributed by atoms with E-state index in [-0.39, 0.29) is 5.84 Å². The molecule has 21 heavy (non-hydrogen) atoms. The molecule has 0 saturated heterocycles. The molecular formula is C16H27N3O2. The molecule has 0 aliphatic rings. The van der Waals surface area contributed by atoms with Crippen LogP contribution in [-0.2, 0) is 6.54 Å². The minimum absolute atomic E-state index is 0.104. The summed E-state index contributed by atoms with van der Waals surface area (Å²) in [6, 6.07) is 5.94. The lowest BCUT2D eigenvalue weighted by Crippen LogP contribution is -2.32. The predicted octanol–water partition coefficient (Wildman–Crippen LogP) is 2.70. The number of nitrogens with two attached hydrogens (primary N) is 1. The molecule has 0 aromatic heterocycles. The summed E-state index contributed by atoms with van der Waals surface area (Å²) in [7, 11) is 1.65. The minimum atomic E-state index is 0.104. The van der Waals surface area contributed by atoms with Gasteiger partial charge in [-0.3, -0.25) is 0 Å². The number of hydrogen-bond donors (Lipinski definition) is 3. The fraction of sp³-hybridized carbons (Fsp3) is 0.562. The summed E-state index contributed by atoms with van der Waals surface area (Å²) < 4.78 is 5.38. The highest BCUT2D eigenvalue weighted by atomic mass is 16.5. The van der Waals surface area contributed by atoms with Crippen LogP contribution in [0.3, 0.4) is 0 Å². The van der Waals surface area contributed by atoms with Crippen LogP contribution in [0, 0.1) is 5.92 Å². The SMILES string of the molecule is CCC(CC)C(C)NCc1cc(/C(N)=N/O)ccc1OC.